The molecule has 0 aromatic carbocycles. The summed E-state index contributed by atoms with van der Waals surface area (Å²) in [4.78, 5) is 8.84. The Labute approximate surface area is 110 Å². The van der Waals surface area contributed by atoms with Crippen molar-refractivity contribution in [1.82, 2.24) is 9.97 Å². The number of nitrogens with one attached hydrogen (secondary N) is 2. The zero-order valence-corrected chi connectivity index (χ0v) is 11.9. The molecule has 1 atom stereocenters. The Morgan fingerprint density at radius 3 is 2.83 bits per heavy atom. The molecular formula is C14H24N4. The summed E-state index contributed by atoms with van der Waals surface area (Å²) in [5, 5.41) is 6.77. The van der Waals surface area contributed by atoms with Crippen LogP contribution >= 0.6 is 0 Å². The van der Waals surface area contributed by atoms with E-state index < -0.39 is 0 Å². The van der Waals surface area contributed by atoms with E-state index in [1.165, 1.54) is 19.3 Å². The van der Waals surface area contributed by atoms with E-state index in [9.17, 15) is 0 Å². The van der Waals surface area contributed by atoms with E-state index in [4.69, 9.17) is 0 Å². The van der Waals surface area contributed by atoms with Crippen molar-refractivity contribution in [2.45, 2.75) is 53.0 Å². The van der Waals surface area contributed by atoms with Crippen LogP contribution in [0.3, 0.4) is 0 Å². The quantitative estimate of drug-likeness (QED) is 0.859. The van der Waals surface area contributed by atoms with Crippen molar-refractivity contribution in [2.24, 2.45) is 5.41 Å². The first-order valence-corrected chi connectivity index (χ1v) is 6.87. The first kappa shape index (κ1) is 13.1. The van der Waals surface area contributed by atoms with Crippen molar-refractivity contribution < 1.29 is 0 Å². The van der Waals surface area contributed by atoms with Gasteiger partial charge in [0.05, 0.1) is 0 Å². The molecule has 0 amide bonds. The molecule has 0 spiro atoms. The van der Waals surface area contributed by atoms with Crippen LogP contribution in [0.4, 0.5) is 11.8 Å². The molecule has 1 fully saturated rings. The van der Waals surface area contributed by atoms with Gasteiger partial charge in [0.15, 0.2) is 0 Å². The SMILES string of the molecule is CCNc1ncc(C)c(NC2CCCC2(C)C)n1. The van der Waals surface area contributed by atoms with E-state index >= 15 is 0 Å². The highest BCUT2D eigenvalue weighted by molar-refractivity contribution is 5.47. The Morgan fingerprint density at radius 2 is 2.22 bits per heavy atom. The van der Waals surface area contributed by atoms with Crippen molar-refractivity contribution in [3.63, 3.8) is 0 Å². The minimum absolute atomic E-state index is 0.357. The molecule has 1 unspecified atom stereocenters. The second-order valence-electron chi connectivity index (χ2n) is 5.83. The average molecular weight is 248 g/mol. The number of hydrogen-bond donors (Lipinski definition) is 2. The summed E-state index contributed by atoms with van der Waals surface area (Å²) in [5.41, 5.74) is 1.47. The highest BCUT2D eigenvalue weighted by Crippen LogP contribution is 2.39. The highest BCUT2D eigenvalue weighted by atomic mass is 15.1. The monoisotopic (exact) mass is 248 g/mol. The maximum absolute atomic E-state index is 4.56. The van der Waals surface area contributed by atoms with E-state index in [1.54, 1.807) is 0 Å². The molecule has 1 aromatic heterocycles. The summed E-state index contributed by atoms with van der Waals surface area (Å²) >= 11 is 0. The first-order chi connectivity index (χ1) is 8.53. The fourth-order valence-electron chi connectivity index (χ4n) is 2.59. The van der Waals surface area contributed by atoms with Crippen molar-refractivity contribution >= 4 is 11.8 Å². The second-order valence-corrected chi connectivity index (χ2v) is 5.83. The van der Waals surface area contributed by atoms with E-state index in [0.29, 0.717) is 17.4 Å². The molecule has 1 aromatic rings. The van der Waals surface area contributed by atoms with Gasteiger partial charge in [0.2, 0.25) is 5.95 Å². The van der Waals surface area contributed by atoms with Gasteiger partial charge in [-0.3, -0.25) is 0 Å². The third-order valence-corrected chi connectivity index (χ3v) is 3.87. The van der Waals surface area contributed by atoms with Crippen LogP contribution in [0.1, 0.15) is 45.6 Å². The maximum Gasteiger partial charge on any atom is 0.224 e. The summed E-state index contributed by atoms with van der Waals surface area (Å²) in [6, 6.07) is 0.514. The molecule has 4 heteroatoms. The second kappa shape index (κ2) is 5.12. The zero-order valence-electron chi connectivity index (χ0n) is 11.9. The van der Waals surface area contributed by atoms with Crippen LogP contribution in [0.5, 0.6) is 0 Å². The Kier molecular flexibility index (Phi) is 3.73. The molecular weight excluding hydrogens is 224 g/mol. The van der Waals surface area contributed by atoms with Gasteiger partial charge in [-0.1, -0.05) is 20.3 Å². The summed E-state index contributed by atoms with van der Waals surface area (Å²) in [5.74, 6) is 1.68. The molecule has 2 N–H and O–H groups in total. The lowest BCUT2D eigenvalue weighted by Gasteiger charge is -2.28. The molecule has 0 bridgehead atoms. The number of nitrogens with zero attached hydrogens (tertiary/aromatic N) is 2. The third-order valence-electron chi connectivity index (χ3n) is 3.87. The van der Waals surface area contributed by atoms with Crippen LogP contribution in [-0.4, -0.2) is 22.6 Å². The lowest BCUT2D eigenvalue weighted by molar-refractivity contribution is 0.349. The van der Waals surface area contributed by atoms with Crippen molar-refractivity contribution in [1.29, 1.82) is 0 Å². The number of anilines is 2. The zero-order chi connectivity index (χ0) is 13.2. The summed E-state index contributed by atoms with van der Waals surface area (Å²) in [7, 11) is 0. The Balaban J connectivity index is 2.15. The van der Waals surface area contributed by atoms with Gasteiger partial charge in [-0.05, 0) is 32.1 Å². The largest absolute Gasteiger partial charge is 0.366 e. The van der Waals surface area contributed by atoms with Gasteiger partial charge in [0, 0.05) is 24.3 Å². The minimum Gasteiger partial charge on any atom is -0.366 e. The normalized spacial score (nSPS) is 21.9. The molecule has 0 aliphatic heterocycles. The van der Waals surface area contributed by atoms with Crippen molar-refractivity contribution in [3.05, 3.63) is 11.8 Å². The average Bonchev–Trinajstić information content (AvgIpc) is 2.63. The van der Waals surface area contributed by atoms with Gasteiger partial charge in [0.25, 0.3) is 0 Å². The Bertz CT molecular complexity index is 414. The molecule has 1 saturated carbocycles. The highest BCUT2D eigenvalue weighted by Gasteiger charge is 2.34. The maximum atomic E-state index is 4.56. The lowest BCUT2D eigenvalue weighted by atomic mass is 9.87. The molecule has 1 heterocycles. The first-order valence-electron chi connectivity index (χ1n) is 6.87. The van der Waals surface area contributed by atoms with Crippen molar-refractivity contribution in [3.8, 4) is 0 Å². The van der Waals surface area contributed by atoms with Gasteiger partial charge < -0.3 is 10.6 Å². The fraction of sp³-hybridized carbons (Fsp3) is 0.714. The molecule has 100 valence electrons. The summed E-state index contributed by atoms with van der Waals surface area (Å²) < 4.78 is 0. The number of hydrogen-bond acceptors (Lipinski definition) is 4. The lowest BCUT2D eigenvalue weighted by Crippen LogP contribution is -2.31. The molecule has 0 radical (unpaired) electrons. The van der Waals surface area contributed by atoms with Gasteiger partial charge in [-0.25, -0.2) is 4.98 Å². The van der Waals surface area contributed by atoms with Crippen LogP contribution in [0.25, 0.3) is 0 Å². The molecule has 4 nitrogen and oxygen atoms in total. The third kappa shape index (κ3) is 2.74. The van der Waals surface area contributed by atoms with Crippen LogP contribution in [0, 0.1) is 12.3 Å². The predicted molar refractivity (Wildman–Crippen MR) is 76.0 cm³/mol. The standard InChI is InChI=1S/C14H24N4/c1-5-15-13-16-9-10(2)12(18-13)17-11-7-6-8-14(11,3)4/h9,11H,5-8H2,1-4H3,(H2,15,16,17,18). The predicted octanol–water partition coefficient (Wildman–Crippen LogP) is 3.21. The van der Waals surface area contributed by atoms with Crippen LogP contribution in [0.2, 0.25) is 0 Å². The van der Waals surface area contributed by atoms with Crippen LogP contribution < -0.4 is 10.6 Å². The summed E-state index contributed by atoms with van der Waals surface area (Å²) in [6.45, 7) is 9.62. The van der Waals surface area contributed by atoms with E-state index in [2.05, 4.69) is 48.3 Å². The van der Waals surface area contributed by atoms with E-state index in [0.717, 1.165) is 17.9 Å². The molecule has 1 aliphatic rings. The van der Waals surface area contributed by atoms with E-state index in [-0.39, 0.29) is 0 Å². The molecule has 0 saturated heterocycles. The smallest absolute Gasteiger partial charge is 0.224 e. The van der Waals surface area contributed by atoms with Gasteiger partial charge in [0.1, 0.15) is 5.82 Å². The van der Waals surface area contributed by atoms with Crippen LogP contribution in [0.15, 0.2) is 6.20 Å². The minimum atomic E-state index is 0.357. The Morgan fingerprint density at radius 1 is 1.44 bits per heavy atom. The van der Waals surface area contributed by atoms with Gasteiger partial charge in [-0.2, -0.15) is 4.98 Å². The molecule has 1 aliphatic carbocycles. The van der Waals surface area contributed by atoms with Gasteiger partial charge in [-0.15, -0.1) is 0 Å². The summed E-state index contributed by atoms with van der Waals surface area (Å²) in [6.07, 6.45) is 5.70. The topological polar surface area (TPSA) is 49.8 Å². The van der Waals surface area contributed by atoms with Gasteiger partial charge >= 0.3 is 0 Å². The molecule has 18 heavy (non-hydrogen) atoms. The number of aromatic nitrogens is 2. The molecule has 2 rings (SSSR count). The number of aryl methyl sites for hydroxylation is 1. The Hall–Kier alpha value is -1.32. The van der Waals surface area contributed by atoms with Crippen molar-refractivity contribution in [2.75, 3.05) is 17.2 Å². The fourth-order valence-corrected chi connectivity index (χ4v) is 2.59. The van der Waals surface area contributed by atoms with E-state index in [1.807, 2.05) is 6.20 Å². The number of rotatable bonds is 4. The van der Waals surface area contributed by atoms with Crippen LogP contribution in [-0.2, 0) is 0 Å².